The van der Waals surface area contributed by atoms with Crippen LogP contribution in [0.3, 0.4) is 0 Å². The molecule has 0 aliphatic carbocycles. The van der Waals surface area contributed by atoms with Crippen LogP contribution in [-0.4, -0.2) is 40.1 Å². The largest absolute Gasteiger partial charge is 0.322 e. The van der Waals surface area contributed by atoms with Crippen LogP contribution in [0.25, 0.3) is 0 Å². The van der Waals surface area contributed by atoms with E-state index in [-0.39, 0.29) is 20.4 Å². The van der Waals surface area contributed by atoms with E-state index in [1.54, 1.807) is 30.3 Å². The van der Waals surface area contributed by atoms with E-state index in [9.17, 15) is 21.6 Å². The Kier molecular flexibility index (Phi) is 7.46. The SMILES string of the molecule is O=C(Nc1ccc(S(=O)(=O)Nc2ccccc2)cc1)c1cc(S(=O)(=O)N2CCCCC2)ccc1Cl. The molecule has 0 unspecified atom stereocenters. The zero-order chi connectivity index (χ0) is 25.1. The van der Waals surface area contributed by atoms with Gasteiger partial charge in [0, 0.05) is 24.5 Å². The molecule has 11 heteroatoms. The van der Waals surface area contributed by atoms with Gasteiger partial charge >= 0.3 is 0 Å². The van der Waals surface area contributed by atoms with Gasteiger partial charge in [0.15, 0.2) is 0 Å². The zero-order valence-corrected chi connectivity index (χ0v) is 21.0. The third-order valence-corrected chi connectivity index (χ3v) is 9.21. The highest BCUT2D eigenvalue weighted by Crippen LogP contribution is 2.26. The van der Waals surface area contributed by atoms with Gasteiger partial charge in [0.2, 0.25) is 10.0 Å². The third kappa shape index (κ3) is 5.84. The predicted octanol–water partition coefficient (Wildman–Crippen LogP) is 4.57. The number of hydrogen-bond donors (Lipinski definition) is 2. The van der Waals surface area contributed by atoms with Crippen molar-refractivity contribution in [3.05, 3.63) is 83.4 Å². The Morgan fingerprint density at radius 3 is 2.06 bits per heavy atom. The molecule has 0 aromatic heterocycles. The smallest absolute Gasteiger partial charge is 0.261 e. The summed E-state index contributed by atoms with van der Waals surface area (Å²) in [6, 6.07) is 18.1. The molecule has 4 rings (SSSR count). The first-order valence-corrected chi connectivity index (χ1v) is 14.3. The van der Waals surface area contributed by atoms with Gasteiger partial charge in [-0.05, 0) is 67.4 Å². The highest BCUT2D eigenvalue weighted by molar-refractivity contribution is 7.92. The van der Waals surface area contributed by atoms with E-state index in [2.05, 4.69) is 10.0 Å². The first-order valence-electron chi connectivity index (χ1n) is 11.0. The maximum Gasteiger partial charge on any atom is 0.261 e. The molecule has 0 saturated carbocycles. The van der Waals surface area contributed by atoms with Gasteiger partial charge < -0.3 is 5.32 Å². The van der Waals surface area contributed by atoms with E-state index in [0.717, 1.165) is 19.3 Å². The molecule has 1 heterocycles. The number of sulfonamides is 2. The molecular formula is C24H24ClN3O5S2. The topological polar surface area (TPSA) is 113 Å². The van der Waals surface area contributed by atoms with Gasteiger partial charge in [-0.3, -0.25) is 9.52 Å². The zero-order valence-electron chi connectivity index (χ0n) is 18.6. The van der Waals surface area contributed by atoms with Crippen molar-refractivity contribution < 1.29 is 21.6 Å². The second-order valence-electron chi connectivity index (χ2n) is 8.06. The molecule has 3 aromatic carbocycles. The van der Waals surface area contributed by atoms with Crippen molar-refractivity contribution in [2.45, 2.75) is 29.1 Å². The number of carbonyl (C=O) groups excluding carboxylic acids is 1. The predicted molar refractivity (Wildman–Crippen MR) is 136 cm³/mol. The first kappa shape index (κ1) is 25.2. The average molecular weight is 534 g/mol. The fourth-order valence-corrected chi connectivity index (χ4v) is 6.54. The average Bonchev–Trinajstić information content (AvgIpc) is 2.85. The summed E-state index contributed by atoms with van der Waals surface area (Å²) in [5.41, 5.74) is 0.764. The van der Waals surface area contributed by atoms with Crippen molar-refractivity contribution in [1.82, 2.24) is 4.31 Å². The molecule has 1 aliphatic heterocycles. The molecule has 1 saturated heterocycles. The quantitative estimate of drug-likeness (QED) is 0.462. The Labute approximate surface area is 210 Å². The Morgan fingerprint density at radius 2 is 1.40 bits per heavy atom. The van der Waals surface area contributed by atoms with Gasteiger partial charge in [-0.15, -0.1) is 0 Å². The molecule has 0 radical (unpaired) electrons. The number of halogens is 1. The highest BCUT2D eigenvalue weighted by atomic mass is 35.5. The van der Waals surface area contributed by atoms with Crippen molar-refractivity contribution in [3.63, 3.8) is 0 Å². The maximum atomic E-state index is 13.0. The normalized spacial score (nSPS) is 14.9. The molecule has 3 aromatic rings. The minimum atomic E-state index is -3.81. The molecule has 0 bridgehead atoms. The van der Waals surface area contributed by atoms with E-state index < -0.39 is 26.0 Å². The summed E-state index contributed by atoms with van der Waals surface area (Å²) in [5, 5.41) is 2.74. The Hall–Kier alpha value is -2.92. The van der Waals surface area contributed by atoms with E-state index in [0.29, 0.717) is 24.5 Å². The number of hydrogen-bond acceptors (Lipinski definition) is 5. The standard InChI is InChI=1S/C24H24ClN3O5S2/c25-23-14-13-21(35(32,33)28-15-5-2-6-16-28)17-22(23)24(29)26-18-9-11-20(12-10-18)34(30,31)27-19-7-3-1-4-8-19/h1,3-4,7-14,17,27H,2,5-6,15-16H2,(H,26,29). The van der Waals surface area contributed by atoms with Gasteiger partial charge in [-0.1, -0.05) is 36.2 Å². The van der Waals surface area contributed by atoms with E-state index >= 15 is 0 Å². The van der Waals surface area contributed by atoms with Gasteiger partial charge in [0.25, 0.3) is 15.9 Å². The summed E-state index contributed by atoms with van der Waals surface area (Å²) in [5.74, 6) is -0.608. The second kappa shape index (κ2) is 10.4. The van der Waals surface area contributed by atoms with Crippen molar-refractivity contribution in [2.24, 2.45) is 0 Å². The number of amides is 1. The Bertz CT molecular complexity index is 1420. The molecule has 8 nitrogen and oxygen atoms in total. The van der Waals surface area contributed by atoms with Crippen molar-refractivity contribution >= 4 is 48.9 Å². The molecule has 0 spiro atoms. The van der Waals surface area contributed by atoms with Crippen LogP contribution in [0.1, 0.15) is 29.6 Å². The Morgan fingerprint density at radius 1 is 0.771 bits per heavy atom. The third-order valence-electron chi connectivity index (χ3n) is 5.58. The minimum absolute atomic E-state index is 0.00220. The number of nitrogens with one attached hydrogen (secondary N) is 2. The van der Waals surface area contributed by atoms with Crippen molar-refractivity contribution in [1.29, 1.82) is 0 Å². The number of piperidine rings is 1. The summed E-state index contributed by atoms with van der Waals surface area (Å²) in [7, 11) is -7.54. The lowest BCUT2D eigenvalue weighted by Crippen LogP contribution is -2.35. The molecule has 1 aliphatic rings. The minimum Gasteiger partial charge on any atom is -0.322 e. The number of benzene rings is 3. The van der Waals surface area contributed by atoms with E-state index in [1.807, 2.05) is 0 Å². The van der Waals surface area contributed by atoms with E-state index in [1.165, 1.54) is 46.8 Å². The van der Waals surface area contributed by atoms with Crippen LogP contribution >= 0.6 is 11.6 Å². The van der Waals surface area contributed by atoms with Crippen LogP contribution < -0.4 is 10.0 Å². The fourth-order valence-electron chi connectivity index (χ4n) is 3.73. The number of rotatable bonds is 7. The van der Waals surface area contributed by atoms with Gasteiger partial charge in [-0.2, -0.15) is 4.31 Å². The lowest BCUT2D eigenvalue weighted by Gasteiger charge is -2.26. The summed E-state index contributed by atoms with van der Waals surface area (Å²) in [4.78, 5) is 12.9. The van der Waals surface area contributed by atoms with Crippen LogP contribution in [0.15, 0.2) is 82.6 Å². The summed E-state index contributed by atoms with van der Waals surface area (Å²) in [6.45, 7) is 0.891. The first-order chi connectivity index (χ1) is 16.7. The van der Waals surface area contributed by atoms with Gasteiger partial charge in [-0.25, -0.2) is 16.8 Å². The molecule has 1 fully saturated rings. The van der Waals surface area contributed by atoms with Crippen LogP contribution in [0.4, 0.5) is 11.4 Å². The van der Waals surface area contributed by atoms with Crippen LogP contribution in [-0.2, 0) is 20.0 Å². The van der Waals surface area contributed by atoms with Crippen molar-refractivity contribution in [3.8, 4) is 0 Å². The second-order valence-corrected chi connectivity index (χ2v) is 12.1. The summed E-state index contributed by atoms with van der Waals surface area (Å²) in [6.07, 6.45) is 2.59. The lowest BCUT2D eigenvalue weighted by molar-refractivity contribution is 0.102. The van der Waals surface area contributed by atoms with Crippen LogP contribution in [0.2, 0.25) is 5.02 Å². The molecule has 0 atom stereocenters. The molecule has 184 valence electrons. The lowest BCUT2D eigenvalue weighted by atomic mass is 10.2. The Balaban J connectivity index is 1.50. The molecular weight excluding hydrogens is 510 g/mol. The van der Waals surface area contributed by atoms with E-state index in [4.69, 9.17) is 11.6 Å². The highest BCUT2D eigenvalue weighted by Gasteiger charge is 2.27. The summed E-state index contributed by atoms with van der Waals surface area (Å²) < 4.78 is 55.0. The fraction of sp³-hybridized carbons (Fsp3) is 0.208. The van der Waals surface area contributed by atoms with Gasteiger partial charge in [0.1, 0.15) is 0 Å². The number of nitrogens with zero attached hydrogens (tertiary/aromatic N) is 1. The number of anilines is 2. The molecule has 2 N–H and O–H groups in total. The van der Waals surface area contributed by atoms with Crippen LogP contribution in [0.5, 0.6) is 0 Å². The maximum absolute atomic E-state index is 13.0. The molecule has 35 heavy (non-hydrogen) atoms. The number of carbonyl (C=O) groups is 1. The summed E-state index contributed by atoms with van der Waals surface area (Å²) >= 11 is 6.20. The molecule has 1 amide bonds. The number of para-hydroxylation sites is 1. The van der Waals surface area contributed by atoms with Crippen molar-refractivity contribution in [2.75, 3.05) is 23.1 Å². The van der Waals surface area contributed by atoms with Crippen LogP contribution in [0, 0.1) is 0 Å². The van der Waals surface area contributed by atoms with Gasteiger partial charge in [0.05, 0.1) is 20.4 Å². The monoisotopic (exact) mass is 533 g/mol.